The molecule has 0 bridgehead atoms. The van der Waals surface area contributed by atoms with Gasteiger partial charge in [0.15, 0.2) is 6.61 Å². The summed E-state index contributed by atoms with van der Waals surface area (Å²) in [5.74, 6) is 0.172. The Morgan fingerprint density at radius 1 is 1.13 bits per heavy atom. The maximum absolute atomic E-state index is 13.0. The zero-order valence-electron chi connectivity index (χ0n) is 18.2. The number of unbranched alkanes of at least 4 members (excludes halogenated alkanes) is 1. The molecule has 0 heterocycles. The van der Waals surface area contributed by atoms with Crippen LogP contribution in [0.4, 0.5) is 0 Å². The first kappa shape index (κ1) is 23.7. The summed E-state index contributed by atoms with van der Waals surface area (Å²) in [5.41, 5.74) is 3.04. The number of carbonyl (C=O) groups excluding carboxylic acids is 2. The predicted octanol–water partition coefficient (Wildman–Crippen LogP) is 4.67. The number of nitrogens with zero attached hydrogens (tertiary/aromatic N) is 1. The van der Waals surface area contributed by atoms with Gasteiger partial charge in [0, 0.05) is 18.1 Å². The summed E-state index contributed by atoms with van der Waals surface area (Å²) < 4.78 is 5.73. The Morgan fingerprint density at radius 3 is 2.53 bits per heavy atom. The number of hydrogen-bond donors (Lipinski definition) is 1. The monoisotopic (exact) mass is 430 g/mol. The van der Waals surface area contributed by atoms with E-state index >= 15 is 0 Å². The zero-order valence-corrected chi connectivity index (χ0v) is 19.0. The van der Waals surface area contributed by atoms with Gasteiger partial charge >= 0.3 is 0 Å². The number of aryl methyl sites for hydroxylation is 2. The zero-order chi connectivity index (χ0) is 22.1. The second-order valence-electron chi connectivity index (χ2n) is 7.47. The van der Waals surface area contributed by atoms with Crippen LogP contribution >= 0.6 is 11.6 Å². The van der Waals surface area contributed by atoms with Crippen LogP contribution in [0.5, 0.6) is 5.75 Å². The van der Waals surface area contributed by atoms with Gasteiger partial charge in [0.2, 0.25) is 5.91 Å². The van der Waals surface area contributed by atoms with E-state index in [2.05, 4.69) is 12.2 Å². The smallest absolute Gasteiger partial charge is 0.261 e. The molecular weight excluding hydrogens is 400 g/mol. The highest BCUT2D eigenvalue weighted by Gasteiger charge is 2.27. The third kappa shape index (κ3) is 6.77. The molecule has 0 fully saturated rings. The highest BCUT2D eigenvalue weighted by molar-refractivity contribution is 6.31. The van der Waals surface area contributed by atoms with Crippen molar-refractivity contribution in [3.8, 4) is 5.75 Å². The van der Waals surface area contributed by atoms with Crippen LogP contribution in [0.25, 0.3) is 0 Å². The third-order valence-electron chi connectivity index (χ3n) is 5.14. The lowest BCUT2D eigenvalue weighted by atomic mass is 10.1. The summed E-state index contributed by atoms with van der Waals surface area (Å²) in [6, 6.07) is 12.4. The average molecular weight is 431 g/mol. The van der Waals surface area contributed by atoms with E-state index in [1.807, 2.05) is 50.2 Å². The standard InChI is InChI=1S/C24H31ClN2O3/c1-5-6-13-26-24(29)19(4)27(15-20-9-7-8-10-22(20)25)23(28)16-30-21-12-11-17(2)18(3)14-21/h7-12,14,19H,5-6,13,15-16H2,1-4H3,(H,26,29)/t19-/m0/s1. The first-order valence-corrected chi connectivity index (χ1v) is 10.7. The van der Waals surface area contributed by atoms with Crippen molar-refractivity contribution in [1.29, 1.82) is 0 Å². The summed E-state index contributed by atoms with van der Waals surface area (Å²) in [7, 11) is 0. The second-order valence-corrected chi connectivity index (χ2v) is 7.88. The molecule has 0 aliphatic rings. The van der Waals surface area contributed by atoms with Crippen LogP contribution < -0.4 is 10.1 Å². The normalized spacial score (nSPS) is 11.6. The minimum absolute atomic E-state index is 0.153. The Kier molecular flexibility index (Phi) is 9.18. The van der Waals surface area contributed by atoms with Crippen LogP contribution in [0.3, 0.4) is 0 Å². The minimum Gasteiger partial charge on any atom is -0.484 e. The number of halogens is 1. The lowest BCUT2D eigenvalue weighted by molar-refractivity contribution is -0.142. The average Bonchev–Trinajstić information content (AvgIpc) is 2.73. The van der Waals surface area contributed by atoms with E-state index in [4.69, 9.17) is 16.3 Å². The molecule has 6 heteroatoms. The Hall–Kier alpha value is -2.53. The molecule has 0 aliphatic heterocycles. The molecule has 0 radical (unpaired) electrons. The Labute approximate surface area is 184 Å². The van der Waals surface area contributed by atoms with Crippen molar-refractivity contribution in [3.05, 3.63) is 64.2 Å². The Bertz CT molecular complexity index is 869. The fourth-order valence-corrected chi connectivity index (χ4v) is 3.16. The molecule has 2 rings (SSSR count). The van der Waals surface area contributed by atoms with Crippen molar-refractivity contribution in [2.45, 2.75) is 53.1 Å². The number of amides is 2. The molecule has 0 unspecified atom stereocenters. The van der Waals surface area contributed by atoms with E-state index in [-0.39, 0.29) is 25.0 Å². The van der Waals surface area contributed by atoms with Gasteiger partial charge in [-0.3, -0.25) is 9.59 Å². The SMILES string of the molecule is CCCCNC(=O)[C@H](C)N(Cc1ccccc1Cl)C(=O)COc1ccc(C)c(C)c1. The first-order valence-electron chi connectivity index (χ1n) is 10.3. The quantitative estimate of drug-likeness (QED) is 0.557. The summed E-state index contributed by atoms with van der Waals surface area (Å²) >= 11 is 6.30. The minimum atomic E-state index is -0.644. The van der Waals surface area contributed by atoms with Crippen molar-refractivity contribution in [1.82, 2.24) is 10.2 Å². The van der Waals surface area contributed by atoms with Crippen LogP contribution in [0.2, 0.25) is 5.02 Å². The van der Waals surface area contributed by atoms with Crippen LogP contribution in [0.15, 0.2) is 42.5 Å². The number of ether oxygens (including phenoxy) is 1. The predicted molar refractivity (Wildman–Crippen MR) is 121 cm³/mol. The van der Waals surface area contributed by atoms with E-state index in [9.17, 15) is 9.59 Å². The number of benzene rings is 2. The van der Waals surface area contributed by atoms with E-state index in [1.54, 1.807) is 13.0 Å². The molecule has 2 amide bonds. The fourth-order valence-electron chi connectivity index (χ4n) is 2.96. The van der Waals surface area contributed by atoms with Crippen molar-refractivity contribution >= 4 is 23.4 Å². The van der Waals surface area contributed by atoms with E-state index in [1.165, 1.54) is 4.90 Å². The molecule has 0 saturated heterocycles. The van der Waals surface area contributed by atoms with Crippen LogP contribution in [0, 0.1) is 13.8 Å². The second kappa shape index (κ2) is 11.6. The highest BCUT2D eigenvalue weighted by atomic mass is 35.5. The van der Waals surface area contributed by atoms with Gasteiger partial charge in [0.1, 0.15) is 11.8 Å². The summed E-state index contributed by atoms with van der Waals surface area (Å²) in [4.78, 5) is 27.2. The number of carbonyl (C=O) groups is 2. The molecule has 2 aromatic rings. The molecule has 1 N–H and O–H groups in total. The van der Waals surface area contributed by atoms with E-state index < -0.39 is 6.04 Å². The van der Waals surface area contributed by atoms with Crippen molar-refractivity contribution in [3.63, 3.8) is 0 Å². The van der Waals surface area contributed by atoms with Crippen LogP contribution in [-0.2, 0) is 16.1 Å². The molecule has 5 nitrogen and oxygen atoms in total. The Morgan fingerprint density at radius 2 is 1.87 bits per heavy atom. The summed E-state index contributed by atoms with van der Waals surface area (Å²) in [6.45, 7) is 8.48. The molecule has 0 aliphatic carbocycles. The number of hydrogen-bond acceptors (Lipinski definition) is 3. The van der Waals surface area contributed by atoms with Crippen molar-refractivity contribution < 1.29 is 14.3 Å². The molecule has 162 valence electrons. The Balaban J connectivity index is 2.14. The first-order chi connectivity index (χ1) is 14.3. The van der Waals surface area contributed by atoms with E-state index in [0.29, 0.717) is 17.3 Å². The van der Waals surface area contributed by atoms with E-state index in [0.717, 1.165) is 29.5 Å². The van der Waals surface area contributed by atoms with Gasteiger partial charge in [0.05, 0.1) is 0 Å². The fraction of sp³-hybridized carbons (Fsp3) is 0.417. The molecule has 0 saturated carbocycles. The maximum Gasteiger partial charge on any atom is 0.261 e. The van der Waals surface area contributed by atoms with Gasteiger partial charge in [-0.25, -0.2) is 0 Å². The summed E-state index contributed by atoms with van der Waals surface area (Å²) in [6.07, 6.45) is 1.88. The third-order valence-corrected chi connectivity index (χ3v) is 5.50. The largest absolute Gasteiger partial charge is 0.484 e. The van der Waals surface area contributed by atoms with Gasteiger partial charge in [-0.15, -0.1) is 0 Å². The van der Waals surface area contributed by atoms with Gasteiger partial charge < -0.3 is 15.0 Å². The van der Waals surface area contributed by atoms with Crippen LogP contribution in [-0.4, -0.2) is 35.9 Å². The van der Waals surface area contributed by atoms with Gasteiger partial charge in [-0.05, 0) is 62.1 Å². The maximum atomic E-state index is 13.0. The van der Waals surface area contributed by atoms with Gasteiger partial charge in [-0.1, -0.05) is 49.2 Å². The van der Waals surface area contributed by atoms with Gasteiger partial charge in [-0.2, -0.15) is 0 Å². The topological polar surface area (TPSA) is 58.6 Å². The molecule has 30 heavy (non-hydrogen) atoms. The van der Waals surface area contributed by atoms with Crippen molar-refractivity contribution in [2.24, 2.45) is 0 Å². The molecule has 2 aromatic carbocycles. The highest BCUT2D eigenvalue weighted by Crippen LogP contribution is 2.20. The molecule has 1 atom stereocenters. The van der Waals surface area contributed by atoms with Crippen LogP contribution in [0.1, 0.15) is 43.4 Å². The lowest BCUT2D eigenvalue weighted by Gasteiger charge is -2.29. The number of nitrogens with one attached hydrogen (secondary N) is 1. The van der Waals surface area contributed by atoms with Crippen molar-refractivity contribution in [2.75, 3.05) is 13.2 Å². The lowest BCUT2D eigenvalue weighted by Crippen LogP contribution is -2.49. The van der Waals surface area contributed by atoms with Gasteiger partial charge in [0.25, 0.3) is 5.91 Å². The molecule has 0 aromatic heterocycles. The summed E-state index contributed by atoms with van der Waals surface area (Å²) in [5, 5.41) is 3.46. The molecule has 0 spiro atoms. The number of rotatable bonds is 10. The molecular formula is C24H31ClN2O3.